The second-order valence-electron chi connectivity index (χ2n) is 3.53. The van der Waals surface area contributed by atoms with Crippen LogP contribution in [0.15, 0.2) is 0 Å². The summed E-state index contributed by atoms with van der Waals surface area (Å²) in [5.41, 5.74) is 0. The molecule has 0 spiro atoms. The highest BCUT2D eigenvalue weighted by Gasteiger charge is 1.96. The predicted octanol–water partition coefficient (Wildman–Crippen LogP) is 1.22. The second-order valence-corrected chi connectivity index (χ2v) is 3.53. The molecule has 1 N–H and O–H groups in total. The van der Waals surface area contributed by atoms with Crippen LogP contribution in [0.3, 0.4) is 0 Å². The van der Waals surface area contributed by atoms with Crippen LogP contribution in [0.4, 0.5) is 0 Å². The molecular weight excluding hydrogens is 138 g/mol. The zero-order chi connectivity index (χ0) is 8.69. The van der Waals surface area contributed by atoms with Crippen LogP contribution in [0, 0.1) is 11.1 Å². The Labute approximate surface area is 70.2 Å². The number of hydroxylamine groups is 2. The third kappa shape index (κ3) is 7.82. The van der Waals surface area contributed by atoms with Gasteiger partial charge in [0.1, 0.15) is 0 Å². The summed E-state index contributed by atoms with van der Waals surface area (Å²) in [5, 5.41) is 11.3. The molecule has 0 bridgehead atoms. The monoisotopic (exact) mass is 159 g/mol. The van der Waals surface area contributed by atoms with E-state index in [2.05, 4.69) is 13.8 Å². The first kappa shape index (κ1) is 10.9. The van der Waals surface area contributed by atoms with E-state index in [0.29, 0.717) is 11.6 Å². The Kier molecular flexibility index (Phi) is 6.57. The first-order valence-corrected chi connectivity index (χ1v) is 4.68. The van der Waals surface area contributed by atoms with Crippen molar-refractivity contribution < 1.29 is 5.06 Å². The fraction of sp³-hybridized carbons (Fsp3) is 1.00. The van der Waals surface area contributed by atoms with E-state index in [0.717, 1.165) is 18.9 Å². The zero-order valence-corrected chi connectivity index (χ0v) is 8.02. The van der Waals surface area contributed by atoms with Crippen molar-refractivity contribution >= 4 is 0 Å². The minimum atomic E-state index is 0.411. The van der Waals surface area contributed by atoms with E-state index in [1.165, 1.54) is 12.8 Å². The van der Waals surface area contributed by atoms with Gasteiger partial charge in [-0.2, -0.15) is 0 Å². The Bertz CT molecular complexity index is 83.6. The molecule has 68 valence electrons. The van der Waals surface area contributed by atoms with E-state index in [1.807, 2.05) is 6.92 Å². The quantitative estimate of drug-likeness (QED) is 0.458. The molecule has 2 heteroatoms. The van der Waals surface area contributed by atoms with Gasteiger partial charge in [0.25, 0.3) is 0 Å². The van der Waals surface area contributed by atoms with Crippen LogP contribution in [0.25, 0.3) is 0 Å². The fourth-order valence-electron chi connectivity index (χ4n) is 1.05. The third-order valence-corrected chi connectivity index (χ3v) is 1.88. The van der Waals surface area contributed by atoms with Gasteiger partial charge in [-0.1, -0.05) is 20.3 Å². The Hall–Kier alpha value is -0.0800. The second kappa shape index (κ2) is 6.62. The molecule has 1 atom stereocenters. The van der Waals surface area contributed by atoms with E-state index in [4.69, 9.17) is 0 Å². The maximum absolute atomic E-state index is 10.9. The maximum atomic E-state index is 10.9. The van der Waals surface area contributed by atoms with E-state index in [1.54, 1.807) is 0 Å². The van der Waals surface area contributed by atoms with Crippen molar-refractivity contribution in [2.24, 2.45) is 5.92 Å². The van der Waals surface area contributed by atoms with Gasteiger partial charge in [0, 0.05) is 0 Å². The molecule has 11 heavy (non-hydrogen) atoms. The molecule has 0 fully saturated rings. The molecule has 0 aliphatic heterocycles. The van der Waals surface area contributed by atoms with Crippen molar-refractivity contribution in [3.63, 3.8) is 0 Å². The summed E-state index contributed by atoms with van der Waals surface area (Å²) < 4.78 is 0. The lowest BCUT2D eigenvalue weighted by Gasteiger charge is -2.19. The number of unbranched alkanes of at least 4 members (excludes halogenated alkanes) is 1. The molecule has 0 rings (SSSR count). The van der Waals surface area contributed by atoms with E-state index < -0.39 is 0 Å². The molecule has 0 amide bonds. The number of rotatable bonds is 6. The van der Waals surface area contributed by atoms with Crippen molar-refractivity contribution in [3.05, 3.63) is 5.21 Å². The summed E-state index contributed by atoms with van der Waals surface area (Å²) in [6.07, 6.45) is 3.56. The summed E-state index contributed by atoms with van der Waals surface area (Å²) in [6.45, 7) is 7.89. The average Bonchev–Trinajstić information content (AvgIpc) is 1.97. The lowest BCUT2D eigenvalue weighted by atomic mass is 10.1. The largest absolute Gasteiger partial charge is 0.634 e. The SMILES string of the molecule is CC[NH+]([O-])CCCCC(C)C. The molecular formula is C9H21NO. The summed E-state index contributed by atoms with van der Waals surface area (Å²) in [6, 6.07) is 0. The molecule has 0 aromatic rings. The molecule has 0 aromatic carbocycles. The van der Waals surface area contributed by atoms with E-state index in [9.17, 15) is 5.21 Å². The topological polar surface area (TPSA) is 27.5 Å². The van der Waals surface area contributed by atoms with Crippen molar-refractivity contribution in [2.45, 2.75) is 40.0 Å². The highest BCUT2D eigenvalue weighted by atomic mass is 16.5. The van der Waals surface area contributed by atoms with Crippen LogP contribution >= 0.6 is 0 Å². The Morgan fingerprint density at radius 1 is 1.27 bits per heavy atom. The minimum Gasteiger partial charge on any atom is -0.634 e. The molecule has 0 radical (unpaired) electrons. The van der Waals surface area contributed by atoms with E-state index >= 15 is 0 Å². The zero-order valence-electron chi connectivity index (χ0n) is 8.02. The third-order valence-electron chi connectivity index (χ3n) is 1.88. The van der Waals surface area contributed by atoms with Gasteiger partial charge in [-0.15, -0.1) is 0 Å². The molecule has 0 aliphatic carbocycles. The summed E-state index contributed by atoms with van der Waals surface area (Å²) in [5.74, 6) is 0.784. The number of hydrogen-bond donors (Lipinski definition) is 1. The van der Waals surface area contributed by atoms with Crippen molar-refractivity contribution in [1.29, 1.82) is 0 Å². The molecule has 0 aliphatic rings. The first-order valence-electron chi connectivity index (χ1n) is 4.68. The van der Waals surface area contributed by atoms with Crippen LogP contribution in [0.2, 0.25) is 0 Å². The van der Waals surface area contributed by atoms with Crippen molar-refractivity contribution in [2.75, 3.05) is 13.1 Å². The van der Waals surface area contributed by atoms with Crippen LogP contribution < -0.4 is 5.06 Å². The summed E-state index contributed by atoms with van der Waals surface area (Å²) >= 11 is 0. The van der Waals surface area contributed by atoms with Crippen LogP contribution in [-0.2, 0) is 0 Å². The Morgan fingerprint density at radius 3 is 2.36 bits per heavy atom. The molecule has 0 aromatic heterocycles. The molecule has 0 saturated carbocycles. The highest BCUT2D eigenvalue weighted by Crippen LogP contribution is 2.04. The normalized spacial score (nSPS) is 13.9. The molecule has 1 unspecified atom stereocenters. The summed E-state index contributed by atoms with van der Waals surface area (Å²) in [7, 11) is 0. The standard InChI is InChI=1S/C9H21NO/c1-4-10(11)8-6-5-7-9(2)3/h9-10H,4-8H2,1-3H3. The van der Waals surface area contributed by atoms with Gasteiger partial charge >= 0.3 is 0 Å². The van der Waals surface area contributed by atoms with Gasteiger partial charge in [0.05, 0.1) is 13.1 Å². The van der Waals surface area contributed by atoms with Gasteiger partial charge in [-0.05, 0) is 25.7 Å². The van der Waals surface area contributed by atoms with Gasteiger partial charge in [0.15, 0.2) is 0 Å². The number of hydrogen-bond acceptors (Lipinski definition) is 1. The van der Waals surface area contributed by atoms with Gasteiger partial charge < -0.3 is 10.3 Å². The average molecular weight is 159 g/mol. The van der Waals surface area contributed by atoms with Crippen molar-refractivity contribution in [3.8, 4) is 0 Å². The summed E-state index contributed by atoms with van der Waals surface area (Å²) in [4.78, 5) is 0. The van der Waals surface area contributed by atoms with Crippen LogP contribution in [0.1, 0.15) is 40.0 Å². The molecule has 2 nitrogen and oxygen atoms in total. The van der Waals surface area contributed by atoms with E-state index in [-0.39, 0.29) is 0 Å². The molecule has 0 heterocycles. The predicted molar refractivity (Wildman–Crippen MR) is 48.4 cm³/mol. The first-order chi connectivity index (χ1) is 5.16. The lowest BCUT2D eigenvalue weighted by Crippen LogP contribution is -3.06. The number of nitrogens with one attached hydrogen (secondary N) is 1. The van der Waals surface area contributed by atoms with Crippen LogP contribution in [0.5, 0.6) is 0 Å². The van der Waals surface area contributed by atoms with Gasteiger partial charge in [0.2, 0.25) is 0 Å². The van der Waals surface area contributed by atoms with Crippen molar-refractivity contribution in [1.82, 2.24) is 0 Å². The highest BCUT2D eigenvalue weighted by molar-refractivity contribution is 4.45. The maximum Gasteiger partial charge on any atom is 0.0768 e. The van der Waals surface area contributed by atoms with Gasteiger partial charge in [-0.3, -0.25) is 0 Å². The Morgan fingerprint density at radius 2 is 1.91 bits per heavy atom. The van der Waals surface area contributed by atoms with Gasteiger partial charge in [-0.25, -0.2) is 0 Å². The lowest BCUT2D eigenvalue weighted by molar-refractivity contribution is -0.846. The fourth-order valence-corrected chi connectivity index (χ4v) is 1.05. The number of quaternary nitrogens is 1. The van der Waals surface area contributed by atoms with Crippen LogP contribution in [-0.4, -0.2) is 13.1 Å². The smallest absolute Gasteiger partial charge is 0.0768 e. The minimum absolute atomic E-state index is 0.411. The Balaban J connectivity index is 3.01. The molecule has 0 saturated heterocycles.